The lowest BCUT2D eigenvalue weighted by Crippen LogP contribution is -2.49. The van der Waals surface area contributed by atoms with Crippen LogP contribution in [0.15, 0.2) is 71.6 Å². The van der Waals surface area contributed by atoms with Crippen LogP contribution in [0.1, 0.15) is 42.0 Å². The molecule has 198 valence electrons. The SMILES string of the molecule is COc1ccc(S(=O)(=O)NCCOc2ccc3c(c2)C(C2(c4ccc(Cl)cc4)CCC2)NCC3)cc1.Cl. The highest BCUT2D eigenvalue weighted by Gasteiger charge is 2.47. The van der Waals surface area contributed by atoms with Gasteiger partial charge in [-0.05, 0) is 91.0 Å². The van der Waals surface area contributed by atoms with E-state index >= 15 is 0 Å². The lowest BCUT2D eigenvalue weighted by Gasteiger charge is -2.50. The highest BCUT2D eigenvalue weighted by molar-refractivity contribution is 7.89. The molecule has 3 aromatic rings. The predicted molar refractivity (Wildman–Crippen MR) is 149 cm³/mol. The lowest BCUT2D eigenvalue weighted by molar-refractivity contribution is 0.164. The summed E-state index contributed by atoms with van der Waals surface area (Å²) >= 11 is 6.17. The van der Waals surface area contributed by atoms with Crippen molar-refractivity contribution in [3.63, 3.8) is 0 Å². The summed E-state index contributed by atoms with van der Waals surface area (Å²) in [6.07, 6.45) is 4.44. The number of benzene rings is 3. The van der Waals surface area contributed by atoms with Crippen molar-refractivity contribution in [1.29, 1.82) is 0 Å². The van der Waals surface area contributed by atoms with Gasteiger partial charge in [-0.15, -0.1) is 12.4 Å². The van der Waals surface area contributed by atoms with Gasteiger partial charge in [0, 0.05) is 23.0 Å². The molecule has 0 saturated heterocycles. The molecular weight excluding hydrogens is 531 g/mol. The van der Waals surface area contributed by atoms with Crippen LogP contribution in [-0.4, -0.2) is 35.2 Å². The third kappa shape index (κ3) is 5.76. The minimum absolute atomic E-state index is 0. The first-order chi connectivity index (χ1) is 17.4. The molecule has 1 saturated carbocycles. The number of ether oxygens (including phenoxy) is 2. The highest BCUT2D eigenvalue weighted by atomic mass is 35.5. The maximum absolute atomic E-state index is 12.6. The molecule has 2 aliphatic rings. The summed E-state index contributed by atoms with van der Waals surface area (Å²) in [6.45, 7) is 1.34. The average molecular weight is 564 g/mol. The zero-order valence-electron chi connectivity index (χ0n) is 20.7. The van der Waals surface area contributed by atoms with Crippen LogP contribution >= 0.6 is 24.0 Å². The number of methoxy groups -OCH3 is 1. The minimum atomic E-state index is -3.62. The Balaban J connectivity index is 0.00000320. The molecule has 0 aromatic heterocycles. The Morgan fingerprint density at radius 1 is 1.03 bits per heavy atom. The van der Waals surface area contributed by atoms with E-state index in [1.165, 1.54) is 35.2 Å². The molecule has 5 rings (SSSR count). The first kappa shape index (κ1) is 27.7. The molecule has 0 spiro atoms. The van der Waals surface area contributed by atoms with Crippen LogP contribution in [0, 0.1) is 0 Å². The van der Waals surface area contributed by atoms with E-state index in [0.717, 1.165) is 36.6 Å². The maximum atomic E-state index is 12.6. The molecule has 2 N–H and O–H groups in total. The maximum Gasteiger partial charge on any atom is 0.240 e. The molecule has 1 unspecified atom stereocenters. The first-order valence-electron chi connectivity index (χ1n) is 12.3. The van der Waals surface area contributed by atoms with Gasteiger partial charge >= 0.3 is 0 Å². The Hall–Kier alpha value is -2.29. The van der Waals surface area contributed by atoms with Gasteiger partial charge < -0.3 is 14.8 Å². The van der Waals surface area contributed by atoms with E-state index in [1.807, 2.05) is 18.2 Å². The molecule has 0 radical (unpaired) electrons. The summed E-state index contributed by atoms with van der Waals surface area (Å²) in [5.74, 6) is 1.36. The van der Waals surface area contributed by atoms with Gasteiger partial charge in [-0.3, -0.25) is 0 Å². The van der Waals surface area contributed by atoms with E-state index in [4.69, 9.17) is 21.1 Å². The average Bonchev–Trinajstić information content (AvgIpc) is 2.87. The quantitative estimate of drug-likeness (QED) is 0.340. The highest BCUT2D eigenvalue weighted by Crippen LogP contribution is 2.53. The zero-order valence-corrected chi connectivity index (χ0v) is 23.1. The largest absolute Gasteiger partial charge is 0.497 e. The lowest BCUT2D eigenvalue weighted by atomic mass is 9.58. The summed E-state index contributed by atoms with van der Waals surface area (Å²) in [5.41, 5.74) is 3.98. The fourth-order valence-electron chi connectivity index (χ4n) is 5.38. The van der Waals surface area contributed by atoms with Crippen LogP contribution in [0.3, 0.4) is 0 Å². The van der Waals surface area contributed by atoms with Crippen LogP contribution < -0.4 is 19.5 Å². The summed E-state index contributed by atoms with van der Waals surface area (Å²) < 4.78 is 38.8. The molecule has 6 nitrogen and oxygen atoms in total. The first-order valence-corrected chi connectivity index (χ1v) is 14.2. The summed E-state index contributed by atoms with van der Waals surface area (Å²) in [6, 6.07) is 21.0. The molecule has 1 aliphatic carbocycles. The van der Waals surface area contributed by atoms with Crippen molar-refractivity contribution in [2.75, 3.05) is 26.8 Å². The molecule has 1 atom stereocenters. The van der Waals surface area contributed by atoms with Gasteiger partial charge in [-0.2, -0.15) is 0 Å². The number of rotatable bonds is 9. The number of nitrogens with one attached hydrogen (secondary N) is 2. The van der Waals surface area contributed by atoms with Crippen molar-refractivity contribution in [3.8, 4) is 11.5 Å². The number of halogens is 2. The Kier molecular flexibility index (Phi) is 8.71. The minimum Gasteiger partial charge on any atom is -0.497 e. The van der Waals surface area contributed by atoms with Gasteiger partial charge in [0.05, 0.1) is 12.0 Å². The van der Waals surface area contributed by atoms with E-state index in [0.29, 0.717) is 5.75 Å². The molecule has 3 aromatic carbocycles. The number of hydrogen-bond donors (Lipinski definition) is 2. The van der Waals surface area contributed by atoms with E-state index in [9.17, 15) is 8.42 Å². The van der Waals surface area contributed by atoms with Gasteiger partial charge in [-0.25, -0.2) is 13.1 Å². The standard InChI is InChI=1S/C28H31ClN2O4S.ClH/c1-34-23-9-11-25(12-10-23)36(32,33)31-17-18-35-24-8-3-20-13-16-30-27(26(20)19-24)28(14-2-15-28)21-4-6-22(29)7-5-21;/h3-12,19,27,30-31H,2,13-18H2,1H3;1H. The predicted octanol–water partition coefficient (Wildman–Crippen LogP) is 5.44. The van der Waals surface area contributed by atoms with E-state index < -0.39 is 10.0 Å². The second-order valence-electron chi connectivity index (χ2n) is 9.44. The molecule has 9 heteroatoms. The fourth-order valence-corrected chi connectivity index (χ4v) is 6.52. The van der Waals surface area contributed by atoms with Crippen molar-refractivity contribution >= 4 is 34.0 Å². The third-order valence-corrected chi connectivity index (χ3v) is 9.15. The van der Waals surface area contributed by atoms with E-state index in [-0.39, 0.29) is 41.9 Å². The molecular formula is C28H32Cl2N2O4S. The van der Waals surface area contributed by atoms with E-state index in [2.05, 4.69) is 34.3 Å². The Morgan fingerprint density at radius 3 is 2.38 bits per heavy atom. The Bertz CT molecular complexity index is 1310. The molecule has 37 heavy (non-hydrogen) atoms. The van der Waals surface area contributed by atoms with Crippen LogP contribution in [0.5, 0.6) is 11.5 Å². The summed E-state index contributed by atoms with van der Waals surface area (Å²) in [5, 5.41) is 4.54. The van der Waals surface area contributed by atoms with E-state index in [1.54, 1.807) is 19.2 Å². The number of hydrogen-bond acceptors (Lipinski definition) is 5. The van der Waals surface area contributed by atoms with Crippen LogP contribution in [0.4, 0.5) is 0 Å². The second-order valence-corrected chi connectivity index (χ2v) is 11.6. The van der Waals surface area contributed by atoms with Gasteiger partial charge in [0.1, 0.15) is 18.1 Å². The van der Waals surface area contributed by atoms with Crippen molar-refractivity contribution in [2.45, 2.75) is 42.0 Å². The zero-order chi connectivity index (χ0) is 25.2. The number of fused-ring (bicyclic) bond motifs is 1. The van der Waals surface area contributed by atoms with Crippen molar-refractivity contribution in [3.05, 3.63) is 88.4 Å². The summed E-state index contributed by atoms with van der Waals surface area (Å²) in [7, 11) is -2.07. The Labute approximate surface area is 230 Å². The van der Waals surface area contributed by atoms with Gasteiger partial charge in [0.2, 0.25) is 10.0 Å². The van der Waals surface area contributed by atoms with Crippen LogP contribution in [0.2, 0.25) is 5.02 Å². The molecule has 1 heterocycles. The van der Waals surface area contributed by atoms with Crippen LogP contribution in [0.25, 0.3) is 0 Å². The van der Waals surface area contributed by atoms with Crippen molar-refractivity contribution < 1.29 is 17.9 Å². The topological polar surface area (TPSA) is 76.7 Å². The van der Waals surface area contributed by atoms with Crippen LogP contribution in [-0.2, 0) is 21.9 Å². The molecule has 1 fully saturated rings. The second kappa shape index (κ2) is 11.6. The van der Waals surface area contributed by atoms with Gasteiger partial charge in [-0.1, -0.05) is 36.2 Å². The third-order valence-electron chi connectivity index (χ3n) is 7.42. The monoisotopic (exact) mass is 562 g/mol. The Morgan fingerprint density at radius 2 is 1.73 bits per heavy atom. The van der Waals surface area contributed by atoms with Gasteiger partial charge in [0.25, 0.3) is 0 Å². The fraction of sp³-hybridized carbons (Fsp3) is 0.357. The molecule has 0 amide bonds. The smallest absolute Gasteiger partial charge is 0.240 e. The molecule has 1 aliphatic heterocycles. The van der Waals surface area contributed by atoms with Crippen molar-refractivity contribution in [2.24, 2.45) is 0 Å². The normalized spacial score (nSPS) is 18.2. The molecule has 0 bridgehead atoms. The number of sulfonamides is 1. The summed E-state index contributed by atoms with van der Waals surface area (Å²) in [4.78, 5) is 0.194. The van der Waals surface area contributed by atoms with Crippen molar-refractivity contribution in [1.82, 2.24) is 10.0 Å². The van der Waals surface area contributed by atoms with Gasteiger partial charge in [0.15, 0.2) is 0 Å².